The van der Waals surface area contributed by atoms with Gasteiger partial charge in [-0.3, -0.25) is 4.79 Å². The number of nitrogens with one attached hydrogen (secondary N) is 1. The SMILES string of the molecule is Cc1cnc2[nH]c(=O)c(CCCN3CCCC3)cc2c1.Cl. The lowest BCUT2D eigenvalue weighted by atomic mass is 10.1. The third-order valence-electron chi connectivity index (χ3n) is 4.03. The topological polar surface area (TPSA) is 49.0 Å². The highest BCUT2D eigenvalue weighted by atomic mass is 35.5. The van der Waals surface area contributed by atoms with E-state index < -0.39 is 0 Å². The molecule has 1 fully saturated rings. The molecular weight excluding hydrogens is 286 g/mol. The molecule has 0 radical (unpaired) electrons. The predicted molar refractivity (Wildman–Crippen MR) is 88.3 cm³/mol. The van der Waals surface area contributed by atoms with Crippen molar-refractivity contribution in [1.82, 2.24) is 14.9 Å². The average Bonchev–Trinajstić information content (AvgIpc) is 2.93. The summed E-state index contributed by atoms with van der Waals surface area (Å²) in [4.78, 5) is 21.7. The van der Waals surface area contributed by atoms with Gasteiger partial charge in [-0.05, 0) is 69.9 Å². The minimum absolute atomic E-state index is 0. The summed E-state index contributed by atoms with van der Waals surface area (Å²) in [6.07, 6.45) is 6.32. The Morgan fingerprint density at radius 3 is 2.81 bits per heavy atom. The van der Waals surface area contributed by atoms with Crippen LogP contribution in [-0.4, -0.2) is 34.5 Å². The minimum Gasteiger partial charge on any atom is -0.306 e. The van der Waals surface area contributed by atoms with Crippen molar-refractivity contribution < 1.29 is 0 Å². The Labute approximate surface area is 131 Å². The highest BCUT2D eigenvalue weighted by Crippen LogP contribution is 2.12. The second-order valence-corrected chi connectivity index (χ2v) is 5.73. The van der Waals surface area contributed by atoms with Crippen LogP contribution < -0.4 is 5.56 Å². The minimum atomic E-state index is 0. The molecule has 2 aromatic rings. The van der Waals surface area contributed by atoms with Crippen molar-refractivity contribution in [2.45, 2.75) is 32.6 Å². The van der Waals surface area contributed by atoms with Crippen LogP contribution in [0.1, 0.15) is 30.4 Å². The van der Waals surface area contributed by atoms with E-state index in [4.69, 9.17) is 0 Å². The fraction of sp³-hybridized carbons (Fsp3) is 0.500. The molecule has 0 aliphatic carbocycles. The molecule has 0 aromatic carbocycles. The fourth-order valence-electron chi connectivity index (χ4n) is 2.93. The number of aromatic nitrogens is 2. The summed E-state index contributed by atoms with van der Waals surface area (Å²) in [5.74, 6) is 0. The molecule has 1 aliphatic rings. The number of halogens is 1. The highest BCUT2D eigenvalue weighted by molar-refractivity contribution is 5.85. The first-order valence-corrected chi connectivity index (χ1v) is 7.43. The average molecular weight is 308 g/mol. The van der Waals surface area contributed by atoms with E-state index in [1.165, 1.54) is 25.9 Å². The molecular formula is C16H22ClN3O. The number of rotatable bonds is 4. The molecule has 0 bridgehead atoms. The molecule has 3 rings (SSSR count). The molecule has 3 heterocycles. The van der Waals surface area contributed by atoms with Gasteiger partial charge in [-0.25, -0.2) is 4.98 Å². The van der Waals surface area contributed by atoms with E-state index in [-0.39, 0.29) is 18.0 Å². The van der Waals surface area contributed by atoms with Crippen LogP contribution in [-0.2, 0) is 6.42 Å². The first-order valence-electron chi connectivity index (χ1n) is 7.43. The third kappa shape index (κ3) is 3.83. The van der Waals surface area contributed by atoms with Gasteiger partial charge in [-0.1, -0.05) is 0 Å². The van der Waals surface area contributed by atoms with Crippen molar-refractivity contribution in [2.24, 2.45) is 0 Å². The maximum absolute atomic E-state index is 12.0. The van der Waals surface area contributed by atoms with E-state index >= 15 is 0 Å². The van der Waals surface area contributed by atoms with Gasteiger partial charge in [0.2, 0.25) is 0 Å². The maximum atomic E-state index is 12.0. The summed E-state index contributed by atoms with van der Waals surface area (Å²) in [5.41, 5.74) is 2.69. The lowest BCUT2D eigenvalue weighted by Gasteiger charge is -2.13. The molecule has 0 saturated carbocycles. The number of hydrogen-bond donors (Lipinski definition) is 1. The molecule has 21 heavy (non-hydrogen) atoms. The summed E-state index contributed by atoms with van der Waals surface area (Å²) in [6, 6.07) is 4.07. The summed E-state index contributed by atoms with van der Waals surface area (Å²) < 4.78 is 0. The summed E-state index contributed by atoms with van der Waals surface area (Å²) in [6.45, 7) is 5.56. The number of hydrogen-bond acceptors (Lipinski definition) is 3. The molecule has 4 nitrogen and oxygen atoms in total. The number of likely N-dealkylation sites (tertiary alicyclic amines) is 1. The zero-order chi connectivity index (χ0) is 13.9. The van der Waals surface area contributed by atoms with Gasteiger partial charge in [0.25, 0.3) is 5.56 Å². The summed E-state index contributed by atoms with van der Waals surface area (Å²) >= 11 is 0. The molecule has 5 heteroatoms. The van der Waals surface area contributed by atoms with E-state index in [0.717, 1.165) is 35.9 Å². The standard InChI is InChI=1S/C16H21N3O.ClH/c1-12-9-14-10-13(16(20)18-15(14)17-11-12)5-4-8-19-6-2-3-7-19;/h9-11H,2-8H2,1H3,(H,17,18,20);1H. The van der Waals surface area contributed by atoms with Crippen molar-refractivity contribution in [3.05, 3.63) is 39.8 Å². The van der Waals surface area contributed by atoms with Gasteiger partial charge in [0.05, 0.1) is 0 Å². The van der Waals surface area contributed by atoms with E-state index in [2.05, 4.69) is 20.9 Å². The second kappa shape index (κ2) is 7.05. The Kier molecular flexibility index (Phi) is 5.37. The van der Waals surface area contributed by atoms with Gasteiger partial charge in [0.1, 0.15) is 5.65 Å². The number of aryl methyl sites for hydroxylation is 2. The Balaban J connectivity index is 0.00000161. The van der Waals surface area contributed by atoms with Crippen molar-refractivity contribution in [2.75, 3.05) is 19.6 Å². The predicted octanol–water partition coefficient (Wildman–Crippen LogP) is 2.68. The van der Waals surface area contributed by atoms with Crippen molar-refractivity contribution >= 4 is 23.4 Å². The Bertz CT molecular complexity index is 662. The van der Waals surface area contributed by atoms with Crippen LogP contribution in [0.15, 0.2) is 23.1 Å². The van der Waals surface area contributed by atoms with Gasteiger partial charge in [-0.15, -0.1) is 12.4 Å². The number of aromatic amines is 1. The Hall–Kier alpha value is -1.39. The van der Waals surface area contributed by atoms with Crippen LogP contribution in [0.5, 0.6) is 0 Å². The first kappa shape index (κ1) is 16.0. The first-order chi connectivity index (χ1) is 9.72. The smallest absolute Gasteiger partial charge is 0.252 e. The molecule has 0 atom stereocenters. The molecule has 1 aliphatic heterocycles. The number of H-pyrrole nitrogens is 1. The summed E-state index contributed by atoms with van der Waals surface area (Å²) in [7, 11) is 0. The molecule has 0 unspecified atom stereocenters. The van der Waals surface area contributed by atoms with E-state index in [1.807, 2.05) is 13.0 Å². The van der Waals surface area contributed by atoms with Gasteiger partial charge < -0.3 is 9.88 Å². The monoisotopic (exact) mass is 307 g/mol. The second-order valence-electron chi connectivity index (χ2n) is 5.73. The fourth-order valence-corrected chi connectivity index (χ4v) is 2.93. The van der Waals surface area contributed by atoms with Crippen LogP contribution >= 0.6 is 12.4 Å². The van der Waals surface area contributed by atoms with Crippen LogP contribution in [0.25, 0.3) is 11.0 Å². The zero-order valence-electron chi connectivity index (χ0n) is 12.4. The van der Waals surface area contributed by atoms with Crippen molar-refractivity contribution in [3.8, 4) is 0 Å². The van der Waals surface area contributed by atoms with Gasteiger partial charge in [0, 0.05) is 17.1 Å². The largest absolute Gasteiger partial charge is 0.306 e. The maximum Gasteiger partial charge on any atom is 0.252 e. The molecule has 2 aromatic heterocycles. The van der Waals surface area contributed by atoms with Gasteiger partial charge in [-0.2, -0.15) is 0 Å². The zero-order valence-corrected chi connectivity index (χ0v) is 13.2. The number of nitrogens with zero attached hydrogens (tertiary/aromatic N) is 2. The van der Waals surface area contributed by atoms with E-state index in [0.29, 0.717) is 5.65 Å². The van der Waals surface area contributed by atoms with Crippen LogP contribution in [0.4, 0.5) is 0 Å². The third-order valence-corrected chi connectivity index (χ3v) is 4.03. The summed E-state index contributed by atoms with van der Waals surface area (Å²) in [5, 5.41) is 1.03. The number of fused-ring (bicyclic) bond motifs is 1. The molecule has 1 saturated heterocycles. The van der Waals surface area contributed by atoms with Crippen molar-refractivity contribution in [1.29, 1.82) is 0 Å². The Morgan fingerprint density at radius 1 is 1.29 bits per heavy atom. The molecule has 0 spiro atoms. The number of pyridine rings is 2. The van der Waals surface area contributed by atoms with E-state index in [1.54, 1.807) is 6.20 Å². The van der Waals surface area contributed by atoms with Crippen LogP contribution in [0, 0.1) is 6.92 Å². The normalized spacial score (nSPS) is 15.3. The van der Waals surface area contributed by atoms with Gasteiger partial charge in [0.15, 0.2) is 0 Å². The molecule has 114 valence electrons. The highest BCUT2D eigenvalue weighted by Gasteiger charge is 2.11. The molecule has 1 N–H and O–H groups in total. The van der Waals surface area contributed by atoms with Crippen LogP contribution in [0.2, 0.25) is 0 Å². The lowest BCUT2D eigenvalue weighted by molar-refractivity contribution is 0.334. The van der Waals surface area contributed by atoms with Crippen LogP contribution in [0.3, 0.4) is 0 Å². The van der Waals surface area contributed by atoms with Crippen molar-refractivity contribution in [3.63, 3.8) is 0 Å². The molecule has 0 amide bonds. The van der Waals surface area contributed by atoms with E-state index in [9.17, 15) is 4.79 Å². The lowest BCUT2D eigenvalue weighted by Crippen LogP contribution is -2.22. The Morgan fingerprint density at radius 2 is 2.05 bits per heavy atom. The quantitative estimate of drug-likeness (QED) is 0.945. The van der Waals surface area contributed by atoms with Gasteiger partial charge >= 0.3 is 0 Å².